The molecule has 0 aliphatic carbocycles. The molecule has 0 N–H and O–H groups in total. The smallest absolute Gasteiger partial charge is 0.199 e. The average molecular weight is 1440 g/mol. The highest BCUT2D eigenvalue weighted by Crippen LogP contribution is 2.54. The summed E-state index contributed by atoms with van der Waals surface area (Å²) < 4.78 is 0. The highest BCUT2D eigenvalue weighted by atomic mass is 15.2. The molecule has 0 saturated carbocycles. The van der Waals surface area contributed by atoms with Crippen LogP contribution in [0.3, 0.4) is 0 Å². The second kappa shape index (κ2) is 27.7. The van der Waals surface area contributed by atoms with Gasteiger partial charge in [0.05, 0.1) is 81.4 Å². The van der Waals surface area contributed by atoms with Crippen molar-refractivity contribution >= 4 is 89.6 Å². The minimum Gasteiger partial charge on any atom is -0.310 e. The topological polar surface area (TPSA) is 118 Å². The first-order chi connectivity index (χ1) is 54.9. The van der Waals surface area contributed by atoms with Crippen molar-refractivity contribution in [2.75, 3.05) is 9.80 Å². The Hall–Kier alpha value is -15.0. The molecule has 0 atom stereocenters. The third-order valence-electron chi connectivity index (χ3n) is 21.8. The maximum atomic E-state index is 7.44. The van der Waals surface area contributed by atoms with E-state index in [9.17, 15) is 0 Å². The lowest BCUT2D eigenvalue weighted by molar-refractivity contribution is 0.632. The molecule has 0 saturated heterocycles. The quantitative estimate of drug-likeness (QED) is 0.122. The fraction of sp³-hybridized carbons (Fsp3) is 0.0600. The van der Waals surface area contributed by atoms with Crippen LogP contribution in [0.15, 0.2) is 340 Å². The lowest BCUT2D eigenvalue weighted by Gasteiger charge is -2.42. The first-order valence-electron chi connectivity index (χ1n) is 37.4. The number of fused-ring (bicyclic) bond motifs is 8. The van der Waals surface area contributed by atoms with E-state index in [1.807, 2.05) is 72.8 Å². The summed E-state index contributed by atoms with van der Waals surface area (Å²) in [5.41, 5.74) is 27.5. The fourth-order valence-electron chi connectivity index (χ4n) is 16.1. The molecule has 0 bridgehead atoms. The van der Waals surface area contributed by atoms with E-state index >= 15 is 0 Å². The van der Waals surface area contributed by atoms with E-state index < -0.39 is 0 Å². The Balaban J connectivity index is 0.000000151. The van der Waals surface area contributed by atoms with Gasteiger partial charge < -0.3 is 9.80 Å². The molecule has 0 radical (unpaired) electrons. The Labute approximate surface area is 648 Å². The molecule has 0 spiro atoms. The minimum absolute atomic E-state index is 0.129. The molecule has 528 valence electrons. The van der Waals surface area contributed by atoms with Crippen molar-refractivity contribution in [2.24, 2.45) is 0 Å². The van der Waals surface area contributed by atoms with E-state index in [4.69, 9.17) is 53.0 Å². The van der Waals surface area contributed by atoms with Gasteiger partial charge in [-0.15, -0.1) is 0 Å². The second-order valence-corrected chi connectivity index (χ2v) is 29.2. The Morgan fingerprint density at radius 2 is 0.446 bits per heavy atom. The van der Waals surface area contributed by atoms with Gasteiger partial charge in [0.2, 0.25) is 0 Å². The summed E-state index contributed by atoms with van der Waals surface area (Å²) in [5.74, 6) is 0. The molecule has 0 unspecified atom stereocenters. The van der Waals surface area contributed by atoms with E-state index in [0.29, 0.717) is 56.7 Å². The van der Waals surface area contributed by atoms with Crippen LogP contribution in [0.2, 0.25) is 0 Å². The predicted molar refractivity (Wildman–Crippen MR) is 455 cm³/mol. The zero-order valence-corrected chi connectivity index (χ0v) is 61.7. The number of aromatic nitrogens is 8. The number of anilines is 6. The van der Waals surface area contributed by atoms with Crippen molar-refractivity contribution in [3.8, 4) is 90.1 Å². The van der Waals surface area contributed by atoms with Crippen LogP contribution < -0.4 is 9.80 Å². The van der Waals surface area contributed by atoms with E-state index in [1.54, 1.807) is 24.3 Å². The van der Waals surface area contributed by atoms with Gasteiger partial charge >= 0.3 is 0 Å². The molecule has 0 fully saturated rings. The minimum atomic E-state index is -0.144. The molecule has 14 aromatic carbocycles. The van der Waals surface area contributed by atoms with Crippen LogP contribution in [0, 0.1) is 13.1 Å². The summed E-state index contributed by atoms with van der Waals surface area (Å²) in [6.45, 7) is 24.1. The highest BCUT2D eigenvalue weighted by Gasteiger charge is 2.38. The standard InChI is InChI=1S/C53H37N5.C47H31N7/c1-53(2)43-20-10-12-22-45(43)58(46-23-13-11-21-44(46)53)42-30-28-37(29-31-42)48-47(36-16-4-3-5-17-36)54-51-52(55-48)57-50(41-27-25-35-15-7-9-19-39(35)33-41)49(56-51)40-26-24-34-14-6-8-18-38(34)32-40;1-47(2)37-14-8-10-16-39(37)54(40-17-11-9-15-38(40)47)36-28-22-33(23-29-36)44-41(30-12-6-5-7-13-30)50-45-46(53-44)52-43(32-20-26-35(49-4)27-21-32)42(51-45)31-18-24-34(48-3)25-19-31/h3-33H,1-2H3;5-29H,1-2H3. The first kappa shape index (κ1) is 67.6. The van der Waals surface area contributed by atoms with Crippen molar-refractivity contribution in [2.45, 2.75) is 38.5 Å². The van der Waals surface area contributed by atoms with Crippen LogP contribution in [-0.2, 0) is 10.8 Å². The number of benzene rings is 14. The van der Waals surface area contributed by atoms with Crippen molar-refractivity contribution < 1.29 is 0 Å². The first-order valence-corrected chi connectivity index (χ1v) is 37.4. The van der Waals surface area contributed by atoms with Gasteiger partial charge in [0.1, 0.15) is 0 Å². The van der Waals surface area contributed by atoms with Crippen molar-refractivity contribution in [3.63, 3.8) is 0 Å². The third-order valence-corrected chi connectivity index (χ3v) is 21.8. The molecule has 12 heteroatoms. The number of para-hydroxylation sites is 4. The monoisotopic (exact) mass is 1440 g/mol. The van der Waals surface area contributed by atoms with E-state index in [-0.39, 0.29) is 10.8 Å². The molecular formula is C100H68N12. The molecule has 2 aliphatic heterocycles. The zero-order valence-electron chi connectivity index (χ0n) is 61.7. The SMILES string of the molecule is CC1(C)c2ccccc2N(c2ccc(-c3nc4nc(-c5ccc6ccccc6c5)c(-c5ccc6ccccc6c5)nc4nc3-c3ccccc3)cc2)c2ccccc21.[C-]#[N+]c1ccc(-c2nc3nc(-c4ccccc4)c(-c4ccc(N5c6ccccc6C(C)(C)c6ccccc65)cc4)nc3nc2-c2ccc([N+]#[C-])cc2)cc1. The van der Waals surface area contributed by atoms with Gasteiger partial charge in [-0.05, 0) is 116 Å². The Bertz CT molecular complexity index is 6730. The molecule has 112 heavy (non-hydrogen) atoms. The number of nitrogens with zero attached hydrogens (tertiary/aromatic N) is 12. The zero-order chi connectivity index (χ0) is 75.6. The lowest BCUT2D eigenvalue weighted by Crippen LogP contribution is -2.30. The maximum Gasteiger partial charge on any atom is 0.199 e. The van der Waals surface area contributed by atoms with Gasteiger partial charge in [-0.25, -0.2) is 49.6 Å². The van der Waals surface area contributed by atoms with Gasteiger partial charge in [-0.1, -0.05) is 307 Å². The maximum absolute atomic E-state index is 7.44. The van der Waals surface area contributed by atoms with Crippen molar-refractivity contribution in [3.05, 3.63) is 385 Å². The number of rotatable bonds is 10. The summed E-state index contributed by atoms with van der Waals surface area (Å²) in [4.78, 5) is 53.7. The van der Waals surface area contributed by atoms with Gasteiger partial charge in [-0.2, -0.15) is 0 Å². The van der Waals surface area contributed by atoms with Crippen LogP contribution >= 0.6 is 0 Å². The molecule has 12 nitrogen and oxygen atoms in total. The number of hydrogen-bond donors (Lipinski definition) is 0. The molecule has 20 rings (SSSR count). The van der Waals surface area contributed by atoms with E-state index in [0.717, 1.165) is 101 Å². The fourth-order valence-corrected chi connectivity index (χ4v) is 16.1. The lowest BCUT2D eigenvalue weighted by atomic mass is 9.73. The van der Waals surface area contributed by atoms with Crippen LogP contribution in [-0.4, -0.2) is 39.9 Å². The number of hydrogen-bond acceptors (Lipinski definition) is 10. The normalized spacial score (nSPS) is 12.9. The Morgan fingerprint density at radius 1 is 0.223 bits per heavy atom. The van der Waals surface area contributed by atoms with E-state index in [1.165, 1.54) is 44.4 Å². The third kappa shape index (κ3) is 12.0. The van der Waals surface area contributed by atoms with Gasteiger partial charge in [-0.3, -0.25) is 0 Å². The summed E-state index contributed by atoms with van der Waals surface area (Å²) in [6, 6.07) is 117. The summed E-state index contributed by atoms with van der Waals surface area (Å²) in [6.07, 6.45) is 0. The van der Waals surface area contributed by atoms with Gasteiger partial charge in [0.25, 0.3) is 0 Å². The second-order valence-electron chi connectivity index (χ2n) is 29.2. The summed E-state index contributed by atoms with van der Waals surface area (Å²) in [5, 5.41) is 4.62. The Morgan fingerprint density at radius 3 is 0.732 bits per heavy atom. The molecular weight excluding hydrogens is 1370 g/mol. The summed E-state index contributed by atoms with van der Waals surface area (Å²) >= 11 is 0. The van der Waals surface area contributed by atoms with Crippen LogP contribution in [0.1, 0.15) is 49.9 Å². The summed E-state index contributed by atoms with van der Waals surface area (Å²) in [7, 11) is 0. The molecule has 4 aromatic heterocycles. The largest absolute Gasteiger partial charge is 0.310 e. The van der Waals surface area contributed by atoms with E-state index in [2.05, 4.69) is 290 Å². The van der Waals surface area contributed by atoms with Crippen LogP contribution in [0.25, 0.3) is 144 Å². The van der Waals surface area contributed by atoms with Crippen LogP contribution in [0.4, 0.5) is 45.5 Å². The van der Waals surface area contributed by atoms with Crippen molar-refractivity contribution in [1.82, 2.24) is 39.9 Å². The van der Waals surface area contributed by atoms with Crippen molar-refractivity contribution in [1.29, 1.82) is 0 Å². The average Bonchev–Trinajstić information content (AvgIpc) is 0.729. The van der Waals surface area contributed by atoms with Gasteiger partial charge in [0, 0.05) is 55.6 Å². The molecule has 0 amide bonds. The Kier molecular flexibility index (Phi) is 16.7. The van der Waals surface area contributed by atoms with Gasteiger partial charge in [0.15, 0.2) is 34.0 Å². The predicted octanol–water partition coefficient (Wildman–Crippen LogP) is 25.8. The molecule has 18 aromatic rings. The van der Waals surface area contributed by atoms with Crippen LogP contribution in [0.5, 0.6) is 0 Å². The molecule has 6 heterocycles. The highest BCUT2D eigenvalue weighted by molar-refractivity contribution is 5.97. The molecule has 2 aliphatic rings.